The molecular formula is C19H27ClFN3O. The number of likely N-dealkylation sites (tertiary alicyclic amines) is 2. The van der Waals surface area contributed by atoms with E-state index in [1.807, 2.05) is 4.90 Å². The van der Waals surface area contributed by atoms with E-state index in [0.717, 1.165) is 57.5 Å². The quantitative estimate of drug-likeness (QED) is 0.888. The minimum atomic E-state index is -0.288. The van der Waals surface area contributed by atoms with E-state index in [0.29, 0.717) is 17.1 Å². The van der Waals surface area contributed by atoms with Crippen LogP contribution in [0, 0.1) is 5.82 Å². The monoisotopic (exact) mass is 367 g/mol. The highest BCUT2D eigenvalue weighted by Gasteiger charge is 2.26. The van der Waals surface area contributed by atoms with E-state index in [-0.39, 0.29) is 11.7 Å². The largest absolute Gasteiger partial charge is 0.343 e. The number of nitrogens with zero attached hydrogens (tertiary/aromatic N) is 2. The summed E-state index contributed by atoms with van der Waals surface area (Å²) in [5.41, 5.74) is 0.985. The lowest BCUT2D eigenvalue weighted by atomic mass is 9.99. The van der Waals surface area contributed by atoms with Gasteiger partial charge in [0.1, 0.15) is 5.82 Å². The summed E-state index contributed by atoms with van der Waals surface area (Å²) < 4.78 is 13.2. The van der Waals surface area contributed by atoms with Crippen LogP contribution in [0.25, 0.3) is 0 Å². The Hall–Kier alpha value is -1.17. The van der Waals surface area contributed by atoms with Crippen molar-refractivity contribution in [2.24, 2.45) is 0 Å². The number of halogens is 2. The van der Waals surface area contributed by atoms with Gasteiger partial charge in [0.05, 0.1) is 0 Å². The third-order valence-corrected chi connectivity index (χ3v) is 5.68. The van der Waals surface area contributed by atoms with Gasteiger partial charge in [0.15, 0.2) is 0 Å². The zero-order valence-corrected chi connectivity index (χ0v) is 15.6. The van der Waals surface area contributed by atoms with Crippen molar-refractivity contribution in [2.75, 3.05) is 26.2 Å². The molecule has 2 fully saturated rings. The number of rotatable bonds is 4. The molecule has 25 heavy (non-hydrogen) atoms. The predicted molar refractivity (Wildman–Crippen MR) is 98.1 cm³/mol. The molecule has 3 rings (SSSR count). The number of carbonyl (C=O) groups excluding carboxylic acids is 1. The first-order valence-corrected chi connectivity index (χ1v) is 9.57. The summed E-state index contributed by atoms with van der Waals surface area (Å²) in [7, 11) is 0. The Balaban J connectivity index is 1.49. The summed E-state index contributed by atoms with van der Waals surface area (Å²) in [6.45, 7) is 6.16. The molecule has 2 aliphatic rings. The van der Waals surface area contributed by atoms with E-state index >= 15 is 0 Å². The maximum Gasteiger partial charge on any atom is 0.219 e. The standard InChI is InChI=1S/C19H27ClFN3O/c1-14(25)24-9-6-17(7-10-24)22-18-3-2-8-23(13-18)12-15-4-5-16(21)11-19(15)20/h4-5,11,17-18,22H,2-3,6-10,12-13H2,1H3/t18-/m0/s1. The maximum atomic E-state index is 13.2. The molecule has 0 bridgehead atoms. The molecule has 0 saturated carbocycles. The van der Waals surface area contributed by atoms with Crippen LogP contribution in [0.2, 0.25) is 5.02 Å². The first-order chi connectivity index (χ1) is 12.0. The van der Waals surface area contributed by atoms with Crippen LogP contribution in [0.5, 0.6) is 0 Å². The van der Waals surface area contributed by atoms with E-state index in [9.17, 15) is 9.18 Å². The molecule has 1 aromatic rings. The van der Waals surface area contributed by atoms with Crippen molar-refractivity contribution in [1.29, 1.82) is 0 Å². The number of nitrogens with one attached hydrogen (secondary N) is 1. The minimum Gasteiger partial charge on any atom is -0.343 e. The van der Waals surface area contributed by atoms with E-state index in [1.54, 1.807) is 13.0 Å². The van der Waals surface area contributed by atoms with Gasteiger partial charge in [-0.15, -0.1) is 0 Å². The molecule has 2 saturated heterocycles. The number of hydrogen-bond donors (Lipinski definition) is 1. The van der Waals surface area contributed by atoms with Crippen LogP contribution in [0.1, 0.15) is 38.2 Å². The van der Waals surface area contributed by atoms with Gasteiger partial charge in [0, 0.05) is 50.2 Å². The van der Waals surface area contributed by atoms with E-state index < -0.39 is 0 Å². The van der Waals surface area contributed by atoms with Gasteiger partial charge in [-0.1, -0.05) is 17.7 Å². The van der Waals surface area contributed by atoms with Gasteiger partial charge >= 0.3 is 0 Å². The van der Waals surface area contributed by atoms with Crippen LogP contribution in [0.3, 0.4) is 0 Å². The lowest BCUT2D eigenvalue weighted by molar-refractivity contribution is -0.129. The molecule has 1 amide bonds. The first-order valence-electron chi connectivity index (χ1n) is 9.19. The fraction of sp³-hybridized carbons (Fsp3) is 0.632. The van der Waals surface area contributed by atoms with E-state index in [4.69, 9.17) is 11.6 Å². The van der Waals surface area contributed by atoms with E-state index in [1.165, 1.54) is 18.6 Å². The summed E-state index contributed by atoms with van der Waals surface area (Å²) in [6.07, 6.45) is 4.39. The SMILES string of the molecule is CC(=O)N1CCC(N[C@H]2CCCN(Cc3ccc(F)cc3Cl)C2)CC1. The van der Waals surface area contributed by atoms with Crippen molar-refractivity contribution >= 4 is 17.5 Å². The Morgan fingerprint density at radius 2 is 2.00 bits per heavy atom. The average Bonchev–Trinajstić information content (AvgIpc) is 2.58. The summed E-state index contributed by atoms with van der Waals surface area (Å²) >= 11 is 6.17. The van der Waals surface area contributed by atoms with Crippen LogP contribution in [0.15, 0.2) is 18.2 Å². The molecule has 138 valence electrons. The third-order valence-electron chi connectivity index (χ3n) is 5.33. The number of piperidine rings is 2. The topological polar surface area (TPSA) is 35.6 Å². The van der Waals surface area contributed by atoms with Gasteiger partial charge in [0.25, 0.3) is 0 Å². The Morgan fingerprint density at radius 3 is 2.68 bits per heavy atom. The zero-order chi connectivity index (χ0) is 17.8. The summed E-state index contributed by atoms with van der Waals surface area (Å²) in [5.74, 6) is -0.109. The van der Waals surface area contributed by atoms with Crippen LogP contribution in [-0.4, -0.2) is 54.0 Å². The highest BCUT2D eigenvalue weighted by atomic mass is 35.5. The molecule has 1 N–H and O–H groups in total. The molecular weight excluding hydrogens is 341 g/mol. The minimum absolute atomic E-state index is 0.179. The fourth-order valence-electron chi connectivity index (χ4n) is 3.92. The van der Waals surface area contributed by atoms with Crippen molar-refractivity contribution in [3.05, 3.63) is 34.6 Å². The molecule has 1 aromatic carbocycles. The Bertz CT molecular complexity index is 604. The van der Waals surface area contributed by atoms with Crippen molar-refractivity contribution in [1.82, 2.24) is 15.1 Å². The predicted octanol–water partition coefficient (Wildman–Crippen LogP) is 3.04. The molecule has 0 aromatic heterocycles. The van der Waals surface area contributed by atoms with Crippen LogP contribution in [0.4, 0.5) is 4.39 Å². The number of hydrogen-bond acceptors (Lipinski definition) is 3. The number of benzene rings is 1. The van der Waals surface area contributed by atoms with Gasteiger partial charge in [-0.05, 0) is 49.9 Å². The Labute approximate surface area is 154 Å². The van der Waals surface area contributed by atoms with Gasteiger partial charge in [0.2, 0.25) is 5.91 Å². The highest BCUT2D eigenvalue weighted by molar-refractivity contribution is 6.31. The van der Waals surface area contributed by atoms with Gasteiger partial charge in [-0.3, -0.25) is 9.69 Å². The Morgan fingerprint density at radius 1 is 1.24 bits per heavy atom. The summed E-state index contributed by atoms with van der Waals surface area (Å²) in [4.78, 5) is 15.8. The summed E-state index contributed by atoms with van der Waals surface area (Å²) in [6, 6.07) is 5.62. The second-order valence-corrected chi connectivity index (χ2v) is 7.66. The molecule has 0 spiro atoms. The van der Waals surface area contributed by atoms with Crippen molar-refractivity contribution in [2.45, 2.75) is 51.2 Å². The molecule has 0 radical (unpaired) electrons. The number of amides is 1. The summed E-state index contributed by atoms with van der Waals surface area (Å²) in [5, 5.41) is 4.29. The molecule has 2 heterocycles. The Kier molecular flexibility index (Phi) is 6.31. The fourth-order valence-corrected chi connectivity index (χ4v) is 4.15. The smallest absolute Gasteiger partial charge is 0.219 e. The third kappa shape index (κ3) is 5.16. The molecule has 2 aliphatic heterocycles. The van der Waals surface area contributed by atoms with Crippen LogP contribution < -0.4 is 5.32 Å². The van der Waals surface area contributed by atoms with E-state index in [2.05, 4.69) is 10.2 Å². The first kappa shape index (κ1) is 18.6. The molecule has 0 unspecified atom stereocenters. The van der Waals surface area contributed by atoms with Gasteiger partial charge in [-0.25, -0.2) is 4.39 Å². The molecule has 6 heteroatoms. The van der Waals surface area contributed by atoms with Crippen LogP contribution in [-0.2, 0) is 11.3 Å². The maximum absolute atomic E-state index is 13.2. The number of carbonyl (C=O) groups is 1. The van der Waals surface area contributed by atoms with Crippen molar-refractivity contribution in [3.8, 4) is 0 Å². The second kappa shape index (κ2) is 8.47. The lowest BCUT2D eigenvalue weighted by Gasteiger charge is -2.38. The molecule has 4 nitrogen and oxygen atoms in total. The van der Waals surface area contributed by atoms with Crippen molar-refractivity contribution < 1.29 is 9.18 Å². The molecule has 1 atom stereocenters. The zero-order valence-electron chi connectivity index (χ0n) is 14.8. The lowest BCUT2D eigenvalue weighted by Crippen LogP contribution is -2.52. The van der Waals surface area contributed by atoms with Crippen LogP contribution >= 0.6 is 11.6 Å². The highest BCUT2D eigenvalue weighted by Crippen LogP contribution is 2.22. The van der Waals surface area contributed by atoms with Gasteiger partial charge in [-0.2, -0.15) is 0 Å². The normalized spacial score (nSPS) is 23.0. The van der Waals surface area contributed by atoms with Crippen molar-refractivity contribution in [3.63, 3.8) is 0 Å². The average molecular weight is 368 g/mol. The second-order valence-electron chi connectivity index (χ2n) is 7.26. The molecule has 0 aliphatic carbocycles. The van der Waals surface area contributed by atoms with Gasteiger partial charge < -0.3 is 10.2 Å².